The summed E-state index contributed by atoms with van der Waals surface area (Å²) < 4.78 is 42.0. The van der Waals surface area contributed by atoms with Crippen molar-refractivity contribution in [3.63, 3.8) is 0 Å². The van der Waals surface area contributed by atoms with Crippen LogP contribution in [0.3, 0.4) is 0 Å². The van der Waals surface area contributed by atoms with Gasteiger partial charge >= 0.3 is 0 Å². The second-order valence-corrected chi connectivity index (χ2v) is 7.89. The van der Waals surface area contributed by atoms with E-state index < -0.39 is 18.5 Å². The molecule has 1 aromatic carbocycles. The predicted octanol–water partition coefficient (Wildman–Crippen LogP) is 4.10. The molecular weight excluding hydrogens is 444 g/mol. The molecule has 7 nitrogen and oxygen atoms in total. The molecule has 1 fully saturated rings. The Morgan fingerprint density at radius 3 is 3.03 bits per heavy atom. The van der Waals surface area contributed by atoms with Crippen molar-refractivity contribution in [2.45, 2.75) is 25.6 Å². The van der Waals surface area contributed by atoms with Crippen molar-refractivity contribution >= 4 is 29.0 Å². The molecule has 0 aliphatic carbocycles. The number of hydrogen-bond donors (Lipinski definition) is 2. The maximum Gasteiger partial charge on any atom is 0.166 e. The molecule has 1 aliphatic rings. The summed E-state index contributed by atoms with van der Waals surface area (Å²) >= 11 is 12.3. The molecule has 1 aliphatic heterocycles. The number of aromatic nitrogens is 3. The van der Waals surface area contributed by atoms with Gasteiger partial charge in [-0.3, -0.25) is 4.68 Å². The van der Waals surface area contributed by atoms with Crippen molar-refractivity contribution in [3.05, 3.63) is 58.2 Å². The number of anilines is 1. The van der Waals surface area contributed by atoms with E-state index in [1.165, 1.54) is 12.1 Å². The highest BCUT2D eigenvalue weighted by Crippen LogP contribution is 2.36. The Labute approximate surface area is 192 Å². The number of nitrogens with zero attached hydrogens (tertiary/aromatic N) is 3. The molecule has 31 heavy (non-hydrogen) atoms. The van der Waals surface area contributed by atoms with Crippen LogP contribution in [0.4, 0.5) is 10.2 Å². The molecule has 3 heterocycles. The van der Waals surface area contributed by atoms with E-state index in [1.807, 2.05) is 6.20 Å². The average Bonchev–Trinajstić information content (AvgIpc) is 3.23. The minimum absolute atomic E-state index is 0.0633. The molecule has 2 atom stereocenters. The third kappa shape index (κ3) is 4.93. The minimum Gasteiger partial charge on any atom is -0.482 e. The molecule has 1 unspecified atom stereocenters. The van der Waals surface area contributed by atoms with Crippen LogP contribution >= 0.6 is 23.2 Å². The topological polar surface area (TPSA) is 87.2 Å². The van der Waals surface area contributed by atoms with Crippen LogP contribution in [-0.2, 0) is 11.3 Å². The number of rotatable bonds is 6. The van der Waals surface area contributed by atoms with E-state index in [2.05, 4.69) is 15.4 Å². The van der Waals surface area contributed by atoms with Gasteiger partial charge in [-0.1, -0.05) is 23.2 Å². The van der Waals surface area contributed by atoms with Crippen LogP contribution in [0.2, 0.25) is 10.0 Å². The van der Waals surface area contributed by atoms with E-state index in [4.69, 9.17) is 41.2 Å². The number of hydrogen-bond acceptors (Lipinski definition) is 6. The molecule has 4 rings (SSSR count). The zero-order chi connectivity index (χ0) is 23.8. The highest BCUT2D eigenvalue weighted by molar-refractivity contribution is 6.36. The van der Waals surface area contributed by atoms with Crippen LogP contribution in [0, 0.1) is 5.82 Å². The van der Waals surface area contributed by atoms with Gasteiger partial charge in [0.25, 0.3) is 0 Å². The quantitative estimate of drug-likeness (QED) is 0.530. The Morgan fingerprint density at radius 1 is 1.42 bits per heavy atom. The Kier molecular flexibility index (Phi) is 5.85. The van der Waals surface area contributed by atoms with Crippen molar-refractivity contribution in [3.8, 4) is 16.9 Å². The first-order chi connectivity index (χ1) is 15.6. The van der Waals surface area contributed by atoms with Crippen molar-refractivity contribution in [2.75, 3.05) is 25.4 Å². The largest absolute Gasteiger partial charge is 0.482 e. The van der Waals surface area contributed by atoms with Gasteiger partial charge in [0, 0.05) is 40.7 Å². The summed E-state index contributed by atoms with van der Waals surface area (Å²) in [6.45, 7) is 0.904. The molecule has 0 saturated carbocycles. The summed E-state index contributed by atoms with van der Waals surface area (Å²) in [5.74, 6) is -0.124. The maximum atomic E-state index is 13.9. The van der Waals surface area contributed by atoms with Crippen LogP contribution in [0.25, 0.3) is 11.1 Å². The van der Waals surface area contributed by atoms with Gasteiger partial charge < -0.3 is 20.5 Å². The summed E-state index contributed by atoms with van der Waals surface area (Å²) in [6.07, 6.45) is 4.45. The van der Waals surface area contributed by atoms with E-state index in [9.17, 15) is 4.39 Å². The van der Waals surface area contributed by atoms with Crippen molar-refractivity contribution in [2.24, 2.45) is 0 Å². The van der Waals surface area contributed by atoms with Crippen LogP contribution in [0.5, 0.6) is 5.75 Å². The molecule has 10 heteroatoms. The van der Waals surface area contributed by atoms with Crippen molar-refractivity contribution in [1.82, 2.24) is 20.1 Å². The molecule has 3 aromatic rings. The first-order valence-corrected chi connectivity index (χ1v) is 10.3. The van der Waals surface area contributed by atoms with Crippen LogP contribution < -0.4 is 15.8 Å². The monoisotopic (exact) mass is 467 g/mol. The highest BCUT2D eigenvalue weighted by Gasteiger charge is 2.20. The maximum absolute atomic E-state index is 13.9. The molecule has 0 amide bonds. The van der Waals surface area contributed by atoms with Gasteiger partial charge in [-0.15, -0.1) is 0 Å². The fraction of sp³-hybridized carbons (Fsp3) is 0.333. The van der Waals surface area contributed by atoms with Gasteiger partial charge in [0.1, 0.15) is 11.9 Å². The number of ether oxygens (including phenoxy) is 2. The molecule has 164 valence electrons. The van der Waals surface area contributed by atoms with Gasteiger partial charge in [-0.25, -0.2) is 9.37 Å². The third-order valence-corrected chi connectivity index (χ3v) is 5.61. The summed E-state index contributed by atoms with van der Waals surface area (Å²) in [5.41, 5.74) is 7.83. The number of nitrogens with two attached hydrogens (primary N) is 1. The second-order valence-electron chi connectivity index (χ2n) is 7.11. The van der Waals surface area contributed by atoms with Crippen molar-refractivity contribution in [1.29, 1.82) is 0 Å². The second kappa shape index (κ2) is 9.40. The number of nitrogen functional groups attached to an aromatic ring is 1. The number of morpholine rings is 1. The van der Waals surface area contributed by atoms with Crippen LogP contribution in [0.15, 0.2) is 36.8 Å². The summed E-state index contributed by atoms with van der Waals surface area (Å²) in [7, 11) is 0. The molecule has 1 saturated heterocycles. The molecule has 3 N–H and O–H groups in total. The Balaban J connectivity index is 1.50. The predicted molar refractivity (Wildman–Crippen MR) is 118 cm³/mol. The van der Waals surface area contributed by atoms with Crippen LogP contribution in [0.1, 0.15) is 21.3 Å². The number of nitrogens with one attached hydrogen (secondary N) is 1. The van der Waals surface area contributed by atoms with E-state index >= 15 is 0 Å². The highest BCUT2D eigenvalue weighted by atomic mass is 35.5. The van der Waals surface area contributed by atoms with Gasteiger partial charge in [0.2, 0.25) is 0 Å². The normalized spacial score (nSPS) is 20.1. The zero-order valence-electron chi connectivity index (χ0n) is 18.6. The third-order valence-electron chi connectivity index (χ3n) is 4.89. The lowest BCUT2D eigenvalue weighted by Crippen LogP contribution is -2.43. The lowest BCUT2D eigenvalue weighted by Gasteiger charge is -2.23. The molecule has 0 spiro atoms. The summed E-state index contributed by atoms with van der Waals surface area (Å²) in [6, 6.07) is 4.27. The molecule has 0 bridgehead atoms. The van der Waals surface area contributed by atoms with Gasteiger partial charge in [-0.05, 0) is 25.1 Å². The number of benzene rings is 1. The lowest BCUT2D eigenvalue weighted by molar-refractivity contribution is 0.0702. The van der Waals surface area contributed by atoms with Crippen molar-refractivity contribution < 1.29 is 16.6 Å². The fourth-order valence-electron chi connectivity index (χ4n) is 3.28. The Bertz CT molecular complexity index is 1150. The molecular formula is C21H22Cl2FN5O2. The first kappa shape index (κ1) is 19.3. The van der Waals surface area contributed by atoms with Gasteiger partial charge in [0.05, 0.1) is 39.7 Å². The Morgan fingerprint density at radius 2 is 2.26 bits per heavy atom. The average molecular weight is 468 g/mol. The van der Waals surface area contributed by atoms with E-state index in [-0.39, 0.29) is 35.1 Å². The first-order valence-electron chi connectivity index (χ1n) is 10.6. The Hall–Kier alpha value is -2.39. The standard InChI is InChI=1S/C21H22Cl2FN5O2/c1-12(19-16(22)2-3-17(24)20(19)23)31-18-6-13(7-27-21(18)25)14-8-28-29(9-14)10-15-11-30-5-4-26-15/h2-3,6-9,12,15,26H,4-5,10-11H2,1H3,(H2,25,27)/t12-,15?/m1/s1/i5D2. The SMILES string of the molecule is [2H]C1([2H])CNC(Cn2cc(-c3cnc(N)c(O[C@H](C)c4c(Cl)ccc(F)c4Cl)c3)cn2)CO1. The van der Waals surface area contributed by atoms with Gasteiger partial charge in [-0.2, -0.15) is 5.10 Å². The fourth-order valence-corrected chi connectivity index (χ4v) is 3.96. The smallest absolute Gasteiger partial charge is 0.166 e. The number of halogens is 3. The van der Waals surface area contributed by atoms with E-state index in [1.54, 1.807) is 30.1 Å². The minimum atomic E-state index is -1.66. The lowest BCUT2D eigenvalue weighted by atomic mass is 10.1. The van der Waals surface area contributed by atoms with Gasteiger partial charge in [0.15, 0.2) is 11.6 Å². The summed E-state index contributed by atoms with van der Waals surface area (Å²) in [5, 5.41) is 7.66. The van der Waals surface area contributed by atoms with E-state index in [0.29, 0.717) is 17.9 Å². The van der Waals surface area contributed by atoms with E-state index in [0.717, 1.165) is 11.1 Å². The number of pyridine rings is 1. The molecule has 0 radical (unpaired) electrons. The zero-order valence-corrected chi connectivity index (χ0v) is 18.1. The summed E-state index contributed by atoms with van der Waals surface area (Å²) in [4.78, 5) is 4.21. The molecule has 2 aromatic heterocycles. The van der Waals surface area contributed by atoms with Crippen LogP contribution in [-0.4, -0.2) is 40.5 Å².